The van der Waals surface area contributed by atoms with Gasteiger partial charge < -0.3 is 10.1 Å². The molecule has 1 aromatic carbocycles. The van der Waals surface area contributed by atoms with E-state index in [1.807, 2.05) is 6.92 Å². The number of anilines is 1. The first-order chi connectivity index (χ1) is 9.08. The molecular weight excluding hydrogens is 242 g/mol. The Balaban J connectivity index is 2.62. The topological polar surface area (TPSA) is 55.4 Å². The first kappa shape index (κ1) is 15.2. The van der Waals surface area contributed by atoms with E-state index in [1.165, 1.54) is 0 Å². The summed E-state index contributed by atoms with van der Waals surface area (Å²) in [4.78, 5) is 23.3. The van der Waals surface area contributed by atoms with E-state index >= 15 is 0 Å². The fraction of sp³-hybridized carbons (Fsp3) is 0.467. The largest absolute Gasteiger partial charge is 0.462 e. The quantitative estimate of drug-likeness (QED) is 0.802. The molecule has 0 unspecified atom stereocenters. The molecule has 0 fully saturated rings. The van der Waals surface area contributed by atoms with Crippen molar-refractivity contribution in [3.8, 4) is 0 Å². The lowest BCUT2D eigenvalue weighted by Gasteiger charge is -2.11. The molecular formula is C15H21NO3. The predicted octanol–water partition coefficient (Wildman–Crippen LogP) is 3.24. The molecule has 0 aliphatic heterocycles. The average Bonchev–Trinajstić information content (AvgIpc) is 2.40. The second kappa shape index (κ2) is 7.56. The van der Waals surface area contributed by atoms with Gasteiger partial charge in [0.1, 0.15) is 0 Å². The van der Waals surface area contributed by atoms with Crippen LogP contribution in [0.15, 0.2) is 24.3 Å². The van der Waals surface area contributed by atoms with Crippen LogP contribution in [0.1, 0.15) is 44.0 Å². The first-order valence-electron chi connectivity index (χ1n) is 6.66. The monoisotopic (exact) mass is 263 g/mol. The van der Waals surface area contributed by atoms with Crippen molar-refractivity contribution in [2.45, 2.75) is 33.6 Å². The summed E-state index contributed by atoms with van der Waals surface area (Å²) in [5.41, 5.74) is 1.18. The van der Waals surface area contributed by atoms with Crippen LogP contribution in [0.2, 0.25) is 0 Å². The van der Waals surface area contributed by atoms with E-state index in [0.29, 0.717) is 17.9 Å². The van der Waals surface area contributed by atoms with Crippen LogP contribution in [-0.2, 0) is 9.53 Å². The third-order valence-corrected chi connectivity index (χ3v) is 2.83. The fourth-order valence-electron chi connectivity index (χ4n) is 1.73. The zero-order valence-corrected chi connectivity index (χ0v) is 11.7. The Morgan fingerprint density at radius 1 is 1.21 bits per heavy atom. The van der Waals surface area contributed by atoms with Crippen molar-refractivity contribution in [2.24, 2.45) is 5.92 Å². The number of carbonyl (C=O) groups excluding carboxylic acids is 2. The molecule has 4 heteroatoms. The van der Waals surface area contributed by atoms with Gasteiger partial charge in [-0.15, -0.1) is 0 Å². The second-order valence-electron chi connectivity index (χ2n) is 4.48. The van der Waals surface area contributed by atoms with Gasteiger partial charge >= 0.3 is 5.97 Å². The standard InChI is InChI=1S/C15H21NO3/c1-4-6-11(3)14(17)16-13-9-7-12(8-10-13)15(18)19-5-2/h7-11H,4-6H2,1-3H3,(H,16,17)/t11-/m0/s1. The van der Waals surface area contributed by atoms with Gasteiger partial charge in [0.25, 0.3) is 0 Å². The van der Waals surface area contributed by atoms with Gasteiger partial charge in [-0.3, -0.25) is 4.79 Å². The van der Waals surface area contributed by atoms with E-state index in [9.17, 15) is 9.59 Å². The zero-order valence-electron chi connectivity index (χ0n) is 11.7. The van der Waals surface area contributed by atoms with Gasteiger partial charge in [0.15, 0.2) is 0 Å². The van der Waals surface area contributed by atoms with Crippen molar-refractivity contribution in [3.63, 3.8) is 0 Å². The van der Waals surface area contributed by atoms with E-state index in [4.69, 9.17) is 4.74 Å². The van der Waals surface area contributed by atoms with Gasteiger partial charge in [-0.25, -0.2) is 4.79 Å². The summed E-state index contributed by atoms with van der Waals surface area (Å²) in [5.74, 6) is -0.347. The number of ether oxygens (including phenoxy) is 1. The SMILES string of the molecule is CCC[C@H](C)C(=O)Nc1ccc(C(=O)OCC)cc1. The van der Waals surface area contributed by atoms with Crippen molar-refractivity contribution in [1.29, 1.82) is 0 Å². The normalized spacial score (nSPS) is 11.7. The number of carbonyl (C=O) groups is 2. The highest BCUT2D eigenvalue weighted by Crippen LogP contribution is 2.13. The Morgan fingerprint density at radius 3 is 2.37 bits per heavy atom. The van der Waals surface area contributed by atoms with Gasteiger partial charge in [-0.05, 0) is 37.6 Å². The van der Waals surface area contributed by atoms with Crippen LogP contribution in [0.5, 0.6) is 0 Å². The average molecular weight is 263 g/mol. The Hall–Kier alpha value is -1.84. The number of nitrogens with one attached hydrogen (secondary N) is 1. The van der Waals surface area contributed by atoms with Crippen LogP contribution in [0.25, 0.3) is 0 Å². The first-order valence-corrected chi connectivity index (χ1v) is 6.66. The zero-order chi connectivity index (χ0) is 14.3. The molecule has 0 spiro atoms. The Labute approximate surface area is 114 Å². The van der Waals surface area contributed by atoms with Crippen molar-refractivity contribution < 1.29 is 14.3 Å². The maximum Gasteiger partial charge on any atom is 0.338 e. The van der Waals surface area contributed by atoms with Crippen molar-refractivity contribution in [1.82, 2.24) is 0 Å². The Morgan fingerprint density at radius 2 is 1.84 bits per heavy atom. The summed E-state index contributed by atoms with van der Waals surface area (Å²) >= 11 is 0. The summed E-state index contributed by atoms with van der Waals surface area (Å²) in [6.45, 7) is 6.08. The van der Waals surface area contributed by atoms with E-state index in [0.717, 1.165) is 12.8 Å². The molecule has 4 nitrogen and oxygen atoms in total. The van der Waals surface area contributed by atoms with Crippen LogP contribution < -0.4 is 5.32 Å². The smallest absolute Gasteiger partial charge is 0.338 e. The van der Waals surface area contributed by atoms with Crippen LogP contribution in [0, 0.1) is 5.92 Å². The van der Waals surface area contributed by atoms with Crippen molar-refractivity contribution in [3.05, 3.63) is 29.8 Å². The van der Waals surface area contributed by atoms with Crippen LogP contribution in [0.4, 0.5) is 5.69 Å². The number of hydrogen-bond donors (Lipinski definition) is 1. The highest BCUT2D eigenvalue weighted by molar-refractivity contribution is 5.94. The van der Waals surface area contributed by atoms with Gasteiger partial charge in [0.05, 0.1) is 12.2 Å². The molecule has 104 valence electrons. The van der Waals surface area contributed by atoms with E-state index in [-0.39, 0.29) is 17.8 Å². The summed E-state index contributed by atoms with van der Waals surface area (Å²) in [7, 11) is 0. The van der Waals surface area contributed by atoms with E-state index in [2.05, 4.69) is 12.2 Å². The van der Waals surface area contributed by atoms with Crippen molar-refractivity contribution >= 4 is 17.6 Å². The lowest BCUT2D eigenvalue weighted by atomic mass is 10.1. The van der Waals surface area contributed by atoms with E-state index in [1.54, 1.807) is 31.2 Å². The number of esters is 1. The Kier molecular flexibility index (Phi) is 6.06. The molecule has 0 heterocycles. The predicted molar refractivity (Wildman–Crippen MR) is 75.1 cm³/mol. The number of hydrogen-bond acceptors (Lipinski definition) is 3. The number of benzene rings is 1. The molecule has 0 saturated heterocycles. The highest BCUT2D eigenvalue weighted by atomic mass is 16.5. The highest BCUT2D eigenvalue weighted by Gasteiger charge is 2.12. The molecule has 0 aromatic heterocycles. The van der Waals surface area contributed by atoms with Gasteiger partial charge in [0.2, 0.25) is 5.91 Å². The van der Waals surface area contributed by atoms with E-state index < -0.39 is 0 Å². The van der Waals surface area contributed by atoms with Gasteiger partial charge in [-0.1, -0.05) is 20.3 Å². The molecule has 0 aliphatic carbocycles. The second-order valence-corrected chi connectivity index (χ2v) is 4.48. The van der Waals surface area contributed by atoms with Crippen LogP contribution in [0.3, 0.4) is 0 Å². The maximum atomic E-state index is 11.8. The minimum atomic E-state index is -0.347. The molecule has 1 N–H and O–H groups in total. The van der Waals surface area contributed by atoms with Crippen LogP contribution >= 0.6 is 0 Å². The molecule has 1 amide bonds. The number of rotatable bonds is 6. The number of amides is 1. The summed E-state index contributed by atoms with van der Waals surface area (Å²) in [6.07, 6.45) is 1.85. The van der Waals surface area contributed by atoms with Gasteiger partial charge in [-0.2, -0.15) is 0 Å². The lowest BCUT2D eigenvalue weighted by molar-refractivity contribution is -0.119. The fourth-order valence-corrected chi connectivity index (χ4v) is 1.73. The molecule has 0 bridgehead atoms. The molecule has 1 rings (SSSR count). The molecule has 19 heavy (non-hydrogen) atoms. The third-order valence-electron chi connectivity index (χ3n) is 2.83. The third kappa shape index (κ3) is 4.73. The minimum Gasteiger partial charge on any atom is -0.462 e. The molecule has 1 atom stereocenters. The Bertz CT molecular complexity index is 426. The maximum absolute atomic E-state index is 11.8. The molecule has 0 radical (unpaired) electrons. The lowest BCUT2D eigenvalue weighted by Crippen LogP contribution is -2.20. The summed E-state index contributed by atoms with van der Waals surface area (Å²) in [6, 6.07) is 6.72. The molecule has 1 aromatic rings. The summed E-state index contributed by atoms with van der Waals surface area (Å²) < 4.78 is 4.89. The molecule has 0 saturated carbocycles. The minimum absolute atomic E-state index is 0.00488. The van der Waals surface area contributed by atoms with Gasteiger partial charge in [0, 0.05) is 11.6 Å². The molecule has 0 aliphatic rings. The van der Waals surface area contributed by atoms with Crippen LogP contribution in [-0.4, -0.2) is 18.5 Å². The van der Waals surface area contributed by atoms with Crippen molar-refractivity contribution in [2.75, 3.05) is 11.9 Å². The summed E-state index contributed by atoms with van der Waals surface area (Å²) in [5, 5.41) is 2.83.